The van der Waals surface area contributed by atoms with Crippen molar-refractivity contribution in [2.45, 2.75) is 32.3 Å². The fraction of sp³-hybridized carbons (Fsp3) is 0.409. The van der Waals surface area contributed by atoms with Crippen LogP contribution in [0.2, 0.25) is 5.15 Å². The number of aromatic nitrogens is 4. The van der Waals surface area contributed by atoms with Gasteiger partial charge in [0.15, 0.2) is 0 Å². The number of methoxy groups -OCH3 is 1. The van der Waals surface area contributed by atoms with E-state index in [0.29, 0.717) is 37.9 Å². The number of amides is 1. The lowest BCUT2D eigenvalue weighted by molar-refractivity contribution is -0.0498. The number of hydrogen-bond donors (Lipinski definition) is 1. The van der Waals surface area contributed by atoms with Gasteiger partial charge in [-0.15, -0.1) is 5.10 Å². The highest BCUT2D eigenvalue weighted by atomic mass is 35.5. The Kier molecular flexibility index (Phi) is 5.90. The smallest absolute Gasteiger partial charge is 0.296 e. The Labute approximate surface area is 199 Å². The van der Waals surface area contributed by atoms with Crippen LogP contribution in [0.25, 0.3) is 11.1 Å². The van der Waals surface area contributed by atoms with Crippen molar-refractivity contribution >= 4 is 34.0 Å². The first-order chi connectivity index (χ1) is 16.0. The van der Waals surface area contributed by atoms with Crippen LogP contribution < -0.4 is 14.8 Å². The maximum absolute atomic E-state index is 13.1. The molecule has 0 aromatic carbocycles. The molecule has 33 heavy (non-hydrogen) atoms. The van der Waals surface area contributed by atoms with E-state index in [2.05, 4.69) is 25.5 Å². The third-order valence-corrected chi connectivity index (χ3v) is 7.16. The number of carbonyl (C=O) groups is 1. The molecular weight excluding hydrogens is 466 g/mol. The molecule has 1 aliphatic carbocycles. The van der Waals surface area contributed by atoms with Gasteiger partial charge >= 0.3 is 0 Å². The lowest BCUT2D eigenvalue weighted by Crippen LogP contribution is -2.48. The Bertz CT molecular complexity index is 1200. The van der Waals surface area contributed by atoms with Crippen molar-refractivity contribution in [3.8, 4) is 22.1 Å². The Balaban J connectivity index is 1.36. The maximum atomic E-state index is 13.1. The van der Waals surface area contributed by atoms with Gasteiger partial charge in [0, 0.05) is 35.0 Å². The van der Waals surface area contributed by atoms with Crippen molar-refractivity contribution in [2.75, 3.05) is 25.6 Å². The fourth-order valence-electron chi connectivity index (χ4n) is 4.28. The summed E-state index contributed by atoms with van der Waals surface area (Å²) in [7, 11) is 1.54. The first kappa shape index (κ1) is 22.0. The molecule has 0 radical (unpaired) electrons. The Morgan fingerprint density at radius 3 is 2.85 bits per heavy atom. The number of rotatable bonds is 6. The molecule has 2 atom stereocenters. The van der Waals surface area contributed by atoms with E-state index in [9.17, 15) is 4.79 Å². The maximum Gasteiger partial charge on any atom is 0.296 e. The van der Waals surface area contributed by atoms with Gasteiger partial charge in [-0.05, 0) is 49.7 Å². The van der Waals surface area contributed by atoms with Crippen LogP contribution in [0.1, 0.15) is 35.3 Å². The third-order valence-electron chi connectivity index (χ3n) is 6.22. The van der Waals surface area contributed by atoms with Crippen LogP contribution in [0, 0.1) is 12.3 Å². The standard InChI is InChI=1S/C22H22ClN5O4S/c1-12-7-13(14-8-18(23)25-10-16(14)30-2)15(9-24-12)19(29)26-20-27-28-21(33-20)32-17-3-4-22(17)5-6-31-11-22/h7-10,17H,3-6,11H2,1-2H3,(H,26,27,29)/t17-,22-/m0/s1. The van der Waals surface area contributed by atoms with Crippen molar-refractivity contribution in [2.24, 2.45) is 5.41 Å². The van der Waals surface area contributed by atoms with Gasteiger partial charge in [0.05, 0.1) is 25.5 Å². The summed E-state index contributed by atoms with van der Waals surface area (Å²) >= 11 is 7.31. The van der Waals surface area contributed by atoms with Gasteiger partial charge in [0.1, 0.15) is 17.0 Å². The number of halogens is 1. The van der Waals surface area contributed by atoms with Gasteiger partial charge in [-0.2, -0.15) is 0 Å². The minimum absolute atomic E-state index is 0.0771. The highest BCUT2D eigenvalue weighted by Crippen LogP contribution is 2.49. The van der Waals surface area contributed by atoms with Gasteiger partial charge in [0.25, 0.3) is 11.1 Å². The van der Waals surface area contributed by atoms with E-state index >= 15 is 0 Å². The average molecular weight is 488 g/mol. The largest absolute Gasteiger partial charge is 0.494 e. The molecule has 1 spiro atoms. The highest BCUT2D eigenvalue weighted by Gasteiger charge is 2.51. The van der Waals surface area contributed by atoms with E-state index < -0.39 is 0 Å². The number of nitrogens with zero attached hydrogens (tertiary/aromatic N) is 4. The van der Waals surface area contributed by atoms with Gasteiger partial charge in [0.2, 0.25) is 5.13 Å². The van der Waals surface area contributed by atoms with Crippen molar-refractivity contribution in [1.29, 1.82) is 0 Å². The van der Waals surface area contributed by atoms with Gasteiger partial charge in [-0.25, -0.2) is 4.98 Å². The number of nitrogens with one attached hydrogen (secondary N) is 1. The monoisotopic (exact) mass is 487 g/mol. The minimum Gasteiger partial charge on any atom is -0.494 e. The SMILES string of the molecule is COc1cnc(Cl)cc1-c1cc(C)ncc1C(=O)Nc1nnc(O[C@H]2CC[C@@]23CCOC3)s1. The second kappa shape index (κ2) is 8.85. The van der Waals surface area contributed by atoms with Gasteiger partial charge < -0.3 is 14.2 Å². The first-order valence-electron chi connectivity index (χ1n) is 10.5. The summed E-state index contributed by atoms with van der Waals surface area (Å²) < 4.78 is 17.1. The van der Waals surface area contributed by atoms with Crippen molar-refractivity contribution in [3.63, 3.8) is 0 Å². The van der Waals surface area contributed by atoms with Gasteiger partial charge in [-0.1, -0.05) is 16.7 Å². The van der Waals surface area contributed by atoms with Crippen molar-refractivity contribution in [3.05, 3.63) is 40.9 Å². The predicted octanol–water partition coefficient (Wildman–Crippen LogP) is 4.17. The predicted molar refractivity (Wildman–Crippen MR) is 123 cm³/mol. The second-order valence-corrected chi connectivity index (χ2v) is 9.54. The summed E-state index contributed by atoms with van der Waals surface area (Å²) in [6.07, 6.45) is 6.20. The summed E-state index contributed by atoms with van der Waals surface area (Å²) in [4.78, 5) is 21.5. The molecule has 0 unspecified atom stereocenters. The van der Waals surface area contributed by atoms with E-state index in [-0.39, 0.29) is 17.4 Å². The average Bonchev–Trinajstić information content (AvgIpc) is 3.48. The molecule has 2 aliphatic rings. The number of carbonyl (C=O) groups excluding carboxylic acids is 1. The molecule has 1 aliphatic heterocycles. The van der Waals surface area contributed by atoms with Crippen LogP contribution in [-0.4, -0.2) is 52.5 Å². The van der Waals surface area contributed by atoms with Crippen LogP contribution in [0.5, 0.6) is 10.9 Å². The molecule has 1 saturated carbocycles. The Morgan fingerprint density at radius 2 is 2.12 bits per heavy atom. The van der Waals surface area contributed by atoms with E-state index in [0.717, 1.165) is 38.2 Å². The molecule has 1 saturated heterocycles. The molecule has 2 fully saturated rings. The summed E-state index contributed by atoms with van der Waals surface area (Å²) in [5.74, 6) is 0.121. The number of hydrogen-bond acceptors (Lipinski definition) is 9. The third kappa shape index (κ3) is 4.25. The Morgan fingerprint density at radius 1 is 1.24 bits per heavy atom. The molecule has 0 bridgehead atoms. The summed E-state index contributed by atoms with van der Waals surface area (Å²) in [6.45, 7) is 3.35. The van der Waals surface area contributed by atoms with E-state index in [4.69, 9.17) is 25.8 Å². The van der Waals surface area contributed by atoms with Crippen LogP contribution in [0.15, 0.2) is 24.5 Å². The van der Waals surface area contributed by atoms with Crippen LogP contribution >= 0.6 is 22.9 Å². The lowest BCUT2D eigenvalue weighted by atomic mass is 9.66. The van der Waals surface area contributed by atoms with Crippen molar-refractivity contribution in [1.82, 2.24) is 20.2 Å². The van der Waals surface area contributed by atoms with E-state index in [1.807, 2.05) is 6.92 Å². The molecule has 1 amide bonds. The van der Waals surface area contributed by atoms with Gasteiger partial charge in [-0.3, -0.25) is 15.1 Å². The summed E-state index contributed by atoms with van der Waals surface area (Å²) in [5.41, 5.74) is 2.46. The second-order valence-electron chi connectivity index (χ2n) is 8.22. The molecule has 3 aromatic rings. The molecule has 4 heterocycles. The highest BCUT2D eigenvalue weighted by molar-refractivity contribution is 7.17. The fourth-order valence-corrected chi connectivity index (χ4v) is 5.07. The summed E-state index contributed by atoms with van der Waals surface area (Å²) in [6, 6.07) is 3.46. The summed E-state index contributed by atoms with van der Waals surface area (Å²) in [5, 5.41) is 12.1. The normalized spacial score (nSPS) is 21.6. The molecule has 172 valence electrons. The molecule has 9 nitrogen and oxygen atoms in total. The quantitative estimate of drug-likeness (QED) is 0.516. The van der Waals surface area contributed by atoms with Crippen LogP contribution in [0.4, 0.5) is 5.13 Å². The van der Waals surface area contributed by atoms with E-state index in [1.54, 1.807) is 12.1 Å². The molecule has 11 heteroatoms. The van der Waals surface area contributed by atoms with Crippen LogP contribution in [-0.2, 0) is 4.74 Å². The zero-order valence-corrected chi connectivity index (χ0v) is 19.7. The zero-order chi connectivity index (χ0) is 23.0. The topological polar surface area (TPSA) is 108 Å². The van der Waals surface area contributed by atoms with Crippen LogP contribution in [0.3, 0.4) is 0 Å². The number of ether oxygens (including phenoxy) is 3. The number of pyridine rings is 2. The minimum atomic E-state index is -0.375. The zero-order valence-electron chi connectivity index (χ0n) is 18.1. The molecule has 3 aromatic heterocycles. The molecular formula is C22H22ClN5O4S. The number of anilines is 1. The Hall–Kier alpha value is -2.82. The number of aryl methyl sites for hydroxylation is 1. The van der Waals surface area contributed by atoms with Crippen molar-refractivity contribution < 1.29 is 19.0 Å². The van der Waals surface area contributed by atoms with E-state index in [1.165, 1.54) is 30.8 Å². The lowest BCUT2D eigenvalue weighted by Gasteiger charge is -2.44. The molecule has 1 N–H and O–H groups in total. The molecule has 5 rings (SSSR count). The first-order valence-corrected chi connectivity index (χ1v) is 11.7.